The van der Waals surface area contributed by atoms with Crippen molar-refractivity contribution in [3.63, 3.8) is 0 Å². The summed E-state index contributed by atoms with van der Waals surface area (Å²) in [5, 5.41) is 3.90. The van der Waals surface area contributed by atoms with Crippen LogP contribution in [-0.2, 0) is 18.3 Å². The molecule has 0 unspecified atom stereocenters. The molecule has 0 spiro atoms. The van der Waals surface area contributed by atoms with E-state index in [4.69, 9.17) is 4.74 Å². The van der Waals surface area contributed by atoms with Crippen molar-refractivity contribution in [1.82, 2.24) is 24.5 Å². The standard InChI is InChI=1S/C9H10N6O2/c1-14-3-10-8-7(14)9(16)15(4-11-8)2-6-13-12-5-17-6/h3-4,12H,2,5H2,1H3. The van der Waals surface area contributed by atoms with Gasteiger partial charge in [-0.25, -0.2) is 9.97 Å². The number of nitrogens with zero attached hydrogens (tertiary/aromatic N) is 5. The molecule has 8 heteroatoms. The molecule has 3 rings (SSSR count). The normalized spacial score (nSPS) is 14.5. The van der Waals surface area contributed by atoms with Crippen molar-refractivity contribution in [2.75, 3.05) is 6.73 Å². The highest BCUT2D eigenvalue weighted by Gasteiger charge is 2.12. The highest BCUT2D eigenvalue weighted by molar-refractivity contribution is 5.77. The summed E-state index contributed by atoms with van der Waals surface area (Å²) in [5.74, 6) is 0.468. The minimum Gasteiger partial charge on any atom is -0.456 e. The number of nitrogens with one attached hydrogen (secondary N) is 1. The Morgan fingerprint density at radius 3 is 3.06 bits per heavy atom. The molecule has 0 aromatic carbocycles. The minimum absolute atomic E-state index is 0.159. The first-order valence-corrected chi connectivity index (χ1v) is 5.04. The van der Waals surface area contributed by atoms with Crippen LogP contribution in [0.2, 0.25) is 0 Å². The number of hydrogen-bond donors (Lipinski definition) is 1. The third-order valence-electron chi connectivity index (χ3n) is 2.51. The van der Waals surface area contributed by atoms with Gasteiger partial charge in [-0.2, -0.15) is 0 Å². The molecule has 0 bridgehead atoms. The van der Waals surface area contributed by atoms with Crippen LogP contribution in [0.1, 0.15) is 0 Å². The Morgan fingerprint density at radius 1 is 1.47 bits per heavy atom. The van der Waals surface area contributed by atoms with E-state index in [2.05, 4.69) is 20.5 Å². The van der Waals surface area contributed by atoms with E-state index in [0.717, 1.165) is 0 Å². The zero-order chi connectivity index (χ0) is 11.8. The first kappa shape index (κ1) is 9.82. The van der Waals surface area contributed by atoms with Gasteiger partial charge in [-0.3, -0.25) is 14.8 Å². The van der Waals surface area contributed by atoms with E-state index in [1.165, 1.54) is 10.9 Å². The van der Waals surface area contributed by atoms with Crippen LogP contribution < -0.4 is 11.0 Å². The van der Waals surface area contributed by atoms with E-state index < -0.39 is 0 Å². The average molecular weight is 234 g/mol. The second-order valence-electron chi connectivity index (χ2n) is 3.66. The van der Waals surface area contributed by atoms with Crippen molar-refractivity contribution in [3.8, 4) is 0 Å². The molecule has 88 valence electrons. The summed E-state index contributed by atoms with van der Waals surface area (Å²) in [6.07, 6.45) is 3.01. The monoisotopic (exact) mass is 234 g/mol. The van der Waals surface area contributed by atoms with Crippen molar-refractivity contribution in [3.05, 3.63) is 23.0 Å². The average Bonchev–Trinajstić information content (AvgIpc) is 2.93. The fraction of sp³-hybridized carbons (Fsp3) is 0.333. The largest absolute Gasteiger partial charge is 0.456 e. The first-order valence-electron chi connectivity index (χ1n) is 5.04. The molecular weight excluding hydrogens is 224 g/mol. The summed E-state index contributed by atoms with van der Waals surface area (Å²) < 4.78 is 8.25. The number of aromatic nitrogens is 4. The molecule has 0 aliphatic carbocycles. The molecule has 2 aromatic rings. The third-order valence-corrected chi connectivity index (χ3v) is 2.51. The number of hydrazone groups is 1. The van der Waals surface area contributed by atoms with Crippen LogP contribution in [0.5, 0.6) is 0 Å². The topological polar surface area (TPSA) is 86.3 Å². The number of imidazole rings is 1. The van der Waals surface area contributed by atoms with Gasteiger partial charge in [0.2, 0.25) is 5.90 Å². The summed E-state index contributed by atoms with van der Waals surface area (Å²) in [4.78, 5) is 20.3. The minimum atomic E-state index is -0.159. The van der Waals surface area contributed by atoms with Gasteiger partial charge < -0.3 is 9.30 Å². The van der Waals surface area contributed by atoms with Gasteiger partial charge in [0.1, 0.15) is 12.9 Å². The molecule has 1 N–H and O–H groups in total. The maximum Gasteiger partial charge on any atom is 0.280 e. The van der Waals surface area contributed by atoms with E-state index in [0.29, 0.717) is 23.8 Å². The quantitative estimate of drug-likeness (QED) is 0.721. The third kappa shape index (κ3) is 1.53. The molecule has 3 heterocycles. The number of ether oxygens (including phenoxy) is 1. The molecule has 0 atom stereocenters. The van der Waals surface area contributed by atoms with Crippen LogP contribution in [0.3, 0.4) is 0 Å². The molecule has 0 saturated carbocycles. The molecular formula is C9H10N6O2. The predicted octanol–water partition coefficient (Wildman–Crippen LogP) is -0.979. The number of hydrogen-bond acceptors (Lipinski definition) is 6. The molecule has 1 aliphatic heterocycles. The van der Waals surface area contributed by atoms with E-state index in [9.17, 15) is 4.79 Å². The van der Waals surface area contributed by atoms with Crippen molar-refractivity contribution in [1.29, 1.82) is 0 Å². The van der Waals surface area contributed by atoms with E-state index in [-0.39, 0.29) is 12.1 Å². The molecule has 0 saturated heterocycles. The highest BCUT2D eigenvalue weighted by atomic mass is 16.5. The first-order chi connectivity index (χ1) is 8.25. The van der Waals surface area contributed by atoms with Crippen molar-refractivity contribution in [2.24, 2.45) is 12.1 Å². The zero-order valence-electron chi connectivity index (χ0n) is 9.12. The predicted molar refractivity (Wildman–Crippen MR) is 59.3 cm³/mol. The Morgan fingerprint density at radius 2 is 2.29 bits per heavy atom. The van der Waals surface area contributed by atoms with Crippen LogP contribution in [0, 0.1) is 0 Å². The Hall–Kier alpha value is -2.38. The summed E-state index contributed by atoms with van der Waals surface area (Å²) in [6.45, 7) is 0.603. The van der Waals surface area contributed by atoms with E-state index >= 15 is 0 Å². The van der Waals surface area contributed by atoms with Gasteiger partial charge in [0.25, 0.3) is 5.56 Å². The van der Waals surface area contributed by atoms with Crippen LogP contribution in [0.25, 0.3) is 11.2 Å². The summed E-state index contributed by atoms with van der Waals surface area (Å²) in [6, 6.07) is 0. The lowest BCUT2D eigenvalue weighted by Crippen LogP contribution is -2.25. The second kappa shape index (κ2) is 3.58. The summed E-state index contributed by atoms with van der Waals surface area (Å²) in [7, 11) is 1.76. The maximum absolute atomic E-state index is 12.1. The summed E-state index contributed by atoms with van der Waals surface area (Å²) >= 11 is 0. The van der Waals surface area contributed by atoms with Gasteiger partial charge in [0, 0.05) is 7.05 Å². The number of aryl methyl sites for hydroxylation is 1. The second-order valence-corrected chi connectivity index (χ2v) is 3.66. The van der Waals surface area contributed by atoms with E-state index in [1.807, 2.05) is 0 Å². The molecule has 17 heavy (non-hydrogen) atoms. The Bertz CT molecular complexity index is 655. The lowest BCUT2D eigenvalue weighted by atomic mass is 10.5. The number of rotatable bonds is 2. The van der Waals surface area contributed by atoms with Gasteiger partial charge in [0.15, 0.2) is 17.9 Å². The van der Waals surface area contributed by atoms with Crippen LogP contribution in [0.15, 0.2) is 22.6 Å². The smallest absolute Gasteiger partial charge is 0.280 e. The van der Waals surface area contributed by atoms with Gasteiger partial charge in [-0.1, -0.05) is 0 Å². The maximum atomic E-state index is 12.1. The number of fused-ring (bicyclic) bond motifs is 1. The van der Waals surface area contributed by atoms with Gasteiger partial charge in [-0.05, 0) is 0 Å². The van der Waals surface area contributed by atoms with Crippen LogP contribution >= 0.6 is 0 Å². The Kier molecular flexibility index (Phi) is 2.07. The molecule has 0 radical (unpaired) electrons. The van der Waals surface area contributed by atoms with Crippen molar-refractivity contribution in [2.45, 2.75) is 6.54 Å². The SMILES string of the molecule is Cn1cnc2ncn(CC3=NNCO3)c(=O)c21. The fourth-order valence-corrected chi connectivity index (χ4v) is 1.68. The van der Waals surface area contributed by atoms with Crippen LogP contribution in [0.4, 0.5) is 0 Å². The summed E-state index contributed by atoms with van der Waals surface area (Å²) in [5.41, 5.74) is 3.43. The van der Waals surface area contributed by atoms with Crippen molar-refractivity contribution >= 4 is 17.1 Å². The molecule has 8 nitrogen and oxygen atoms in total. The lowest BCUT2D eigenvalue weighted by molar-refractivity contribution is 0.305. The molecule has 0 fully saturated rings. The van der Waals surface area contributed by atoms with Gasteiger partial charge >= 0.3 is 0 Å². The molecule has 2 aromatic heterocycles. The van der Waals surface area contributed by atoms with Gasteiger partial charge in [-0.15, -0.1) is 5.10 Å². The van der Waals surface area contributed by atoms with Crippen molar-refractivity contribution < 1.29 is 4.74 Å². The Labute approximate surface area is 95.5 Å². The Balaban J connectivity index is 2.08. The van der Waals surface area contributed by atoms with Gasteiger partial charge in [0.05, 0.1) is 6.33 Å². The molecule has 1 aliphatic rings. The molecule has 0 amide bonds. The lowest BCUT2D eigenvalue weighted by Gasteiger charge is -2.04. The van der Waals surface area contributed by atoms with E-state index in [1.54, 1.807) is 17.9 Å². The zero-order valence-corrected chi connectivity index (χ0v) is 9.12. The highest BCUT2D eigenvalue weighted by Crippen LogP contribution is 2.02. The fourth-order valence-electron chi connectivity index (χ4n) is 1.68. The van der Waals surface area contributed by atoms with Crippen LogP contribution in [-0.4, -0.2) is 31.7 Å².